The normalized spacial score (nSPS) is 19.0. The van der Waals surface area contributed by atoms with Gasteiger partial charge in [0.25, 0.3) is 5.91 Å². The van der Waals surface area contributed by atoms with E-state index in [4.69, 9.17) is 4.74 Å². The molecule has 1 atom stereocenters. The monoisotopic (exact) mass is 354 g/mol. The number of aromatic nitrogens is 2. The second-order valence-electron chi connectivity index (χ2n) is 7.45. The Bertz CT molecular complexity index is 784. The van der Waals surface area contributed by atoms with Crippen molar-refractivity contribution in [1.29, 1.82) is 0 Å². The molecule has 26 heavy (non-hydrogen) atoms. The van der Waals surface area contributed by atoms with Gasteiger partial charge in [-0.2, -0.15) is 0 Å². The number of hydrogen-bond acceptors (Lipinski definition) is 5. The van der Waals surface area contributed by atoms with Gasteiger partial charge >= 0.3 is 0 Å². The maximum atomic E-state index is 12.6. The highest BCUT2D eigenvalue weighted by molar-refractivity contribution is 5.95. The van der Waals surface area contributed by atoms with Crippen molar-refractivity contribution < 1.29 is 9.53 Å². The third-order valence-electron chi connectivity index (χ3n) is 4.40. The van der Waals surface area contributed by atoms with Crippen molar-refractivity contribution in [2.75, 3.05) is 11.9 Å². The van der Waals surface area contributed by atoms with Crippen LogP contribution in [0.1, 0.15) is 48.4 Å². The molecule has 2 heterocycles. The minimum atomic E-state index is -0.194. The van der Waals surface area contributed by atoms with Gasteiger partial charge in [0.1, 0.15) is 0 Å². The molecule has 2 N–H and O–H groups in total. The molecule has 0 radical (unpaired) electrons. The van der Waals surface area contributed by atoms with Crippen LogP contribution in [0.3, 0.4) is 0 Å². The van der Waals surface area contributed by atoms with Gasteiger partial charge in [0, 0.05) is 35.3 Å². The number of nitrogens with zero attached hydrogens (tertiary/aromatic N) is 2. The average Bonchev–Trinajstić information content (AvgIpc) is 2.53. The second-order valence-corrected chi connectivity index (χ2v) is 7.45. The number of hydrogen-bond donors (Lipinski definition) is 2. The summed E-state index contributed by atoms with van der Waals surface area (Å²) in [5, 5.41) is 6.30. The third-order valence-corrected chi connectivity index (χ3v) is 4.40. The van der Waals surface area contributed by atoms with Gasteiger partial charge in [0.2, 0.25) is 5.95 Å². The Morgan fingerprint density at radius 2 is 1.92 bits per heavy atom. The molecule has 2 aromatic rings. The third kappa shape index (κ3) is 4.79. The van der Waals surface area contributed by atoms with E-state index in [9.17, 15) is 4.79 Å². The van der Waals surface area contributed by atoms with Crippen LogP contribution in [0, 0.1) is 13.8 Å². The highest BCUT2D eigenvalue weighted by atomic mass is 16.5. The molecule has 1 aliphatic heterocycles. The summed E-state index contributed by atoms with van der Waals surface area (Å²) in [5.41, 5.74) is 3.01. The Morgan fingerprint density at radius 1 is 1.19 bits per heavy atom. The summed E-state index contributed by atoms with van der Waals surface area (Å²) in [4.78, 5) is 21.4. The zero-order valence-corrected chi connectivity index (χ0v) is 15.8. The maximum Gasteiger partial charge on any atom is 0.251 e. The summed E-state index contributed by atoms with van der Waals surface area (Å²) in [5.74, 6) is 0.462. The zero-order chi connectivity index (χ0) is 18.7. The Morgan fingerprint density at radius 3 is 2.62 bits per heavy atom. The van der Waals surface area contributed by atoms with Crippen LogP contribution < -0.4 is 10.6 Å². The van der Waals surface area contributed by atoms with Gasteiger partial charge in [-0.15, -0.1) is 0 Å². The van der Waals surface area contributed by atoms with Crippen LogP contribution in [0.5, 0.6) is 0 Å². The summed E-state index contributed by atoms with van der Waals surface area (Å²) in [6.45, 7) is 8.64. The fraction of sp³-hybridized carbons (Fsp3) is 0.450. The number of carbonyl (C=O) groups excluding carboxylic acids is 1. The van der Waals surface area contributed by atoms with Gasteiger partial charge in [-0.25, -0.2) is 9.97 Å². The number of benzene rings is 1. The second kappa shape index (κ2) is 7.41. The fourth-order valence-corrected chi connectivity index (χ4v) is 3.27. The molecular formula is C20H26N4O2. The quantitative estimate of drug-likeness (QED) is 0.878. The molecule has 0 bridgehead atoms. The van der Waals surface area contributed by atoms with E-state index in [-0.39, 0.29) is 17.6 Å². The first-order chi connectivity index (χ1) is 12.3. The summed E-state index contributed by atoms with van der Waals surface area (Å²) in [7, 11) is 0. The van der Waals surface area contributed by atoms with Gasteiger partial charge in [-0.1, -0.05) is 6.07 Å². The number of rotatable bonds is 4. The lowest BCUT2D eigenvalue weighted by atomic mass is 9.94. The summed E-state index contributed by atoms with van der Waals surface area (Å²) in [6, 6.07) is 9.44. The van der Waals surface area contributed by atoms with E-state index in [2.05, 4.69) is 34.4 Å². The van der Waals surface area contributed by atoms with Gasteiger partial charge in [0.05, 0.1) is 5.60 Å². The summed E-state index contributed by atoms with van der Waals surface area (Å²) in [6.07, 6.45) is 1.65. The van der Waals surface area contributed by atoms with E-state index in [1.807, 2.05) is 44.2 Å². The molecule has 3 rings (SSSR count). The standard InChI is InChI=1S/C20H26N4O2/c1-13-10-14(2)22-19(21-13)24-16-7-5-6-15(11-16)18(25)23-17-8-9-26-20(3,4)12-17/h5-7,10-11,17H,8-9,12H2,1-4H3,(H,23,25)(H,21,22,24). The number of nitrogens with one attached hydrogen (secondary N) is 2. The minimum absolute atomic E-state index is 0.0716. The molecule has 0 saturated carbocycles. The van der Waals surface area contributed by atoms with Crippen LogP contribution in [0.4, 0.5) is 11.6 Å². The molecule has 1 aromatic carbocycles. The van der Waals surface area contributed by atoms with Crippen LogP contribution in [0.25, 0.3) is 0 Å². The number of ether oxygens (including phenoxy) is 1. The molecule has 1 saturated heterocycles. The van der Waals surface area contributed by atoms with Crippen LogP contribution in [-0.4, -0.2) is 34.1 Å². The van der Waals surface area contributed by atoms with E-state index in [1.165, 1.54) is 0 Å². The average molecular weight is 354 g/mol. The molecule has 1 fully saturated rings. The molecule has 6 heteroatoms. The van der Waals surface area contributed by atoms with Crippen LogP contribution >= 0.6 is 0 Å². The van der Waals surface area contributed by atoms with E-state index < -0.39 is 0 Å². The molecule has 6 nitrogen and oxygen atoms in total. The Balaban J connectivity index is 1.69. The largest absolute Gasteiger partial charge is 0.375 e. The van der Waals surface area contributed by atoms with Crippen molar-refractivity contribution in [2.45, 2.75) is 52.2 Å². The van der Waals surface area contributed by atoms with Gasteiger partial charge in [-0.05, 0) is 64.8 Å². The van der Waals surface area contributed by atoms with Crippen molar-refractivity contribution in [2.24, 2.45) is 0 Å². The van der Waals surface area contributed by atoms with Gasteiger partial charge < -0.3 is 15.4 Å². The molecule has 1 aliphatic rings. The first-order valence-corrected chi connectivity index (χ1v) is 8.95. The topological polar surface area (TPSA) is 76.1 Å². The van der Waals surface area contributed by atoms with E-state index >= 15 is 0 Å². The highest BCUT2D eigenvalue weighted by Crippen LogP contribution is 2.24. The number of anilines is 2. The molecule has 1 aromatic heterocycles. The molecule has 138 valence electrons. The van der Waals surface area contributed by atoms with Gasteiger partial charge in [-0.3, -0.25) is 4.79 Å². The summed E-state index contributed by atoms with van der Waals surface area (Å²) < 4.78 is 5.71. The molecule has 1 unspecified atom stereocenters. The van der Waals surface area contributed by atoms with Crippen molar-refractivity contribution in [3.8, 4) is 0 Å². The SMILES string of the molecule is Cc1cc(C)nc(Nc2cccc(C(=O)NC3CCOC(C)(C)C3)c2)n1. The highest BCUT2D eigenvalue weighted by Gasteiger charge is 2.29. The zero-order valence-electron chi connectivity index (χ0n) is 15.8. The van der Waals surface area contributed by atoms with Crippen molar-refractivity contribution in [1.82, 2.24) is 15.3 Å². The molecule has 0 spiro atoms. The van der Waals surface area contributed by atoms with Crippen molar-refractivity contribution in [3.63, 3.8) is 0 Å². The Kier molecular flexibility index (Phi) is 5.23. The van der Waals surface area contributed by atoms with Crippen molar-refractivity contribution >= 4 is 17.5 Å². The van der Waals surface area contributed by atoms with Gasteiger partial charge in [0.15, 0.2) is 0 Å². The first-order valence-electron chi connectivity index (χ1n) is 8.95. The predicted molar refractivity (Wildman–Crippen MR) is 102 cm³/mol. The molecule has 1 amide bonds. The van der Waals surface area contributed by atoms with Crippen molar-refractivity contribution in [3.05, 3.63) is 47.3 Å². The smallest absolute Gasteiger partial charge is 0.251 e. The van der Waals surface area contributed by atoms with Crippen LogP contribution in [0.2, 0.25) is 0 Å². The Labute approximate surface area is 154 Å². The number of carbonyl (C=O) groups is 1. The van der Waals surface area contributed by atoms with E-state index in [1.54, 1.807) is 0 Å². The van der Waals surface area contributed by atoms with E-state index in [0.29, 0.717) is 18.1 Å². The fourth-order valence-electron chi connectivity index (χ4n) is 3.27. The van der Waals surface area contributed by atoms with E-state index in [0.717, 1.165) is 29.9 Å². The maximum absolute atomic E-state index is 12.6. The lowest BCUT2D eigenvalue weighted by molar-refractivity contribution is -0.0615. The predicted octanol–water partition coefficient (Wildman–Crippen LogP) is 3.52. The Hall–Kier alpha value is -2.47. The van der Waals surface area contributed by atoms with Crippen LogP contribution in [0.15, 0.2) is 30.3 Å². The number of aryl methyl sites for hydroxylation is 2. The number of amides is 1. The lowest BCUT2D eigenvalue weighted by Crippen LogP contribution is -2.45. The molecule has 0 aliphatic carbocycles. The summed E-state index contributed by atoms with van der Waals surface area (Å²) >= 11 is 0. The lowest BCUT2D eigenvalue weighted by Gasteiger charge is -2.35. The molecular weight excluding hydrogens is 328 g/mol. The first kappa shape index (κ1) is 18.3. The minimum Gasteiger partial charge on any atom is -0.375 e. The van der Waals surface area contributed by atoms with Crippen LogP contribution in [-0.2, 0) is 4.74 Å².